The molecule has 0 atom stereocenters. The molecule has 24 heavy (non-hydrogen) atoms. The lowest BCUT2D eigenvalue weighted by atomic mass is 10.2. The molecule has 0 fully saturated rings. The summed E-state index contributed by atoms with van der Waals surface area (Å²) in [6.07, 6.45) is 0. The quantitative estimate of drug-likeness (QED) is 0.563. The van der Waals surface area contributed by atoms with Gasteiger partial charge in [0.05, 0.1) is 22.3 Å². The van der Waals surface area contributed by atoms with Crippen molar-refractivity contribution in [2.24, 2.45) is 0 Å². The number of anilines is 1. The summed E-state index contributed by atoms with van der Waals surface area (Å²) in [6, 6.07) is 9.74. The van der Waals surface area contributed by atoms with Crippen LogP contribution in [0.5, 0.6) is 5.75 Å². The highest BCUT2D eigenvalue weighted by Crippen LogP contribution is 2.28. The van der Waals surface area contributed by atoms with E-state index in [0.717, 1.165) is 17.3 Å². The van der Waals surface area contributed by atoms with Gasteiger partial charge >= 0.3 is 5.69 Å². The molecule has 0 saturated carbocycles. The van der Waals surface area contributed by atoms with Crippen molar-refractivity contribution in [1.82, 2.24) is 8.75 Å². The lowest BCUT2D eigenvalue weighted by Gasteiger charge is -2.08. The number of nitro groups is 1. The first-order chi connectivity index (χ1) is 11.5. The molecule has 2 aromatic carbocycles. The van der Waals surface area contributed by atoms with Crippen molar-refractivity contribution in [3.8, 4) is 5.75 Å². The van der Waals surface area contributed by atoms with Gasteiger partial charge in [-0.3, -0.25) is 14.9 Å². The van der Waals surface area contributed by atoms with Crippen molar-refractivity contribution in [3.05, 3.63) is 52.1 Å². The molecular formula is C15H12N4O4S. The number of rotatable bonds is 5. The number of benzene rings is 2. The predicted molar refractivity (Wildman–Crippen MR) is 89.4 cm³/mol. The monoisotopic (exact) mass is 344 g/mol. The van der Waals surface area contributed by atoms with Gasteiger partial charge < -0.3 is 10.1 Å². The Hall–Kier alpha value is -3.07. The summed E-state index contributed by atoms with van der Waals surface area (Å²) in [4.78, 5) is 22.5. The van der Waals surface area contributed by atoms with Gasteiger partial charge in [0.25, 0.3) is 5.91 Å². The van der Waals surface area contributed by atoms with Crippen LogP contribution in [0.25, 0.3) is 11.0 Å². The van der Waals surface area contributed by atoms with E-state index in [0.29, 0.717) is 16.7 Å². The molecule has 3 rings (SSSR count). The summed E-state index contributed by atoms with van der Waals surface area (Å²) >= 11 is 1.05. The molecule has 0 aliphatic rings. The minimum Gasteiger partial charge on any atom is -0.477 e. The first-order valence-corrected chi connectivity index (χ1v) is 7.66. The molecule has 1 aromatic heterocycles. The van der Waals surface area contributed by atoms with Crippen LogP contribution in [0.1, 0.15) is 5.56 Å². The first-order valence-electron chi connectivity index (χ1n) is 6.93. The van der Waals surface area contributed by atoms with E-state index in [1.807, 2.05) is 0 Å². The number of nitro benzene ring substituents is 1. The summed E-state index contributed by atoms with van der Waals surface area (Å²) in [5.41, 5.74) is 2.42. The van der Waals surface area contributed by atoms with Crippen molar-refractivity contribution in [2.45, 2.75) is 6.92 Å². The summed E-state index contributed by atoms with van der Waals surface area (Å²) in [5, 5.41) is 13.7. The van der Waals surface area contributed by atoms with Gasteiger partial charge in [-0.25, -0.2) is 0 Å². The van der Waals surface area contributed by atoms with Gasteiger partial charge in [-0.05, 0) is 30.7 Å². The van der Waals surface area contributed by atoms with Crippen LogP contribution < -0.4 is 10.1 Å². The Balaban J connectivity index is 1.71. The zero-order valence-corrected chi connectivity index (χ0v) is 13.4. The normalized spacial score (nSPS) is 10.5. The van der Waals surface area contributed by atoms with Gasteiger partial charge in [0.1, 0.15) is 11.0 Å². The number of hydrogen-bond donors (Lipinski definition) is 1. The molecule has 0 aliphatic heterocycles. The third-order valence-corrected chi connectivity index (χ3v) is 3.77. The minimum absolute atomic E-state index is 0.0590. The van der Waals surface area contributed by atoms with Gasteiger partial charge in [-0.1, -0.05) is 12.1 Å². The standard InChI is InChI=1S/C15H12N4O4S/c1-9-5-6-12(19(21)22)13(7-9)23-8-14(20)16-10-3-2-4-11-15(10)18-24-17-11/h2-7H,8H2,1H3,(H,16,20). The summed E-state index contributed by atoms with van der Waals surface area (Å²) in [7, 11) is 0. The van der Waals surface area contributed by atoms with Gasteiger partial charge in [0.15, 0.2) is 12.4 Å². The fraction of sp³-hybridized carbons (Fsp3) is 0.133. The second kappa shape index (κ2) is 6.59. The van der Waals surface area contributed by atoms with Crippen molar-refractivity contribution in [2.75, 3.05) is 11.9 Å². The van der Waals surface area contributed by atoms with E-state index in [4.69, 9.17) is 4.74 Å². The molecule has 1 amide bonds. The van der Waals surface area contributed by atoms with Crippen molar-refractivity contribution in [3.63, 3.8) is 0 Å². The third kappa shape index (κ3) is 3.30. The Kier molecular flexibility index (Phi) is 4.34. The summed E-state index contributed by atoms with van der Waals surface area (Å²) in [5.74, 6) is -0.380. The fourth-order valence-corrected chi connectivity index (χ4v) is 2.67. The Morgan fingerprint density at radius 3 is 2.96 bits per heavy atom. The maximum absolute atomic E-state index is 12.1. The maximum Gasteiger partial charge on any atom is 0.310 e. The molecule has 0 bridgehead atoms. The molecule has 1 heterocycles. The van der Waals surface area contributed by atoms with Crippen molar-refractivity contribution < 1.29 is 14.5 Å². The number of carbonyl (C=O) groups is 1. The van der Waals surface area contributed by atoms with Crippen LogP contribution in [0.4, 0.5) is 11.4 Å². The third-order valence-electron chi connectivity index (χ3n) is 3.23. The molecule has 0 unspecified atom stereocenters. The highest BCUT2D eigenvalue weighted by molar-refractivity contribution is 7.00. The molecule has 122 valence electrons. The Bertz CT molecular complexity index is 925. The average molecular weight is 344 g/mol. The highest BCUT2D eigenvalue weighted by atomic mass is 32.1. The van der Waals surface area contributed by atoms with E-state index >= 15 is 0 Å². The number of hydrogen-bond acceptors (Lipinski definition) is 7. The molecule has 0 radical (unpaired) electrons. The minimum atomic E-state index is -0.547. The molecule has 0 saturated heterocycles. The Morgan fingerprint density at radius 2 is 2.17 bits per heavy atom. The van der Waals surface area contributed by atoms with E-state index in [1.165, 1.54) is 12.1 Å². The van der Waals surface area contributed by atoms with Crippen LogP contribution in [-0.2, 0) is 4.79 Å². The Labute approximate surface area is 140 Å². The Morgan fingerprint density at radius 1 is 1.33 bits per heavy atom. The van der Waals surface area contributed by atoms with Crippen LogP contribution in [0, 0.1) is 17.0 Å². The number of aromatic nitrogens is 2. The lowest BCUT2D eigenvalue weighted by Crippen LogP contribution is -2.20. The number of carbonyl (C=O) groups excluding carboxylic acids is 1. The number of ether oxygens (including phenoxy) is 1. The van der Waals surface area contributed by atoms with Gasteiger partial charge in [0.2, 0.25) is 0 Å². The van der Waals surface area contributed by atoms with Crippen LogP contribution in [0.2, 0.25) is 0 Å². The second-order valence-corrected chi connectivity index (χ2v) is 5.53. The van der Waals surface area contributed by atoms with Crippen molar-refractivity contribution in [1.29, 1.82) is 0 Å². The smallest absolute Gasteiger partial charge is 0.310 e. The number of amides is 1. The fourth-order valence-electron chi connectivity index (χ4n) is 2.12. The first kappa shape index (κ1) is 15.8. The molecule has 8 nitrogen and oxygen atoms in total. The van der Waals surface area contributed by atoms with Crippen LogP contribution in [-0.4, -0.2) is 26.2 Å². The van der Waals surface area contributed by atoms with E-state index in [-0.39, 0.29) is 18.0 Å². The number of nitrogens with zero attached hydrogens (tertiary/aromatic N) is 3. The molecule has 9 heteroatoms. The topological polar surface area (TPSA) is 107 Å². The van der Waals surface area contributed by atoms with E-state index < -0.39 is 10.8 Å². The summed E-state index contributed by atoms with van der Waals surface area (Å²) in [6.45, 7) is 1.44. The SMILES string of the molecule is Cc1ccc([N+](=O)[O-])c(OCC(=O)Nc2cccc3nsnc23)c1. The number of nitrogens with one attached hydrogen (secondary N) is 1. The van der Waals surface area contributed by atoms with E-state index in [9.17, 15) is 14.9 Å². The highest BCUT2D eigenvalue weighted by Gasteiger charge is 2.16. The molecule has 0 spiro atoms. The van der Waals surface area contributed by atoms with E-state index in [1.54, 1.807) is 31.2 Å². The van der Waals surface area contributed by atoms with Gasteiger partial charge in [-0.15, -0.1) is 0 Å². The van der Waals surface area contributed by atoms with Crippen LogP contribution in [0.3, 0.4) is 0 Å². The molecule has 3 aromatic rings. The molecule has 0 aliphatic carbocycles. The average Bonchev–Trinajstić information content (AvgIpc) is 3.02. The van der Waals surface area contributed by atoms with Gasteiger partial charge in [0, 0.05) is 6.07 Å². The zero-order valence-electron chi connectivity index (χ0n) is 12.6. The number of aryl methyl sites for hydroxylation is 1. The summed E-state index contributed by atoms with van der Waals surface area (Å²) < 4.78 is 13.5. The molecular weight excluding hydrogens is 332 g/mol. The van der Waals surface area contributed by atoms with E-state index in [2.05, 4.69) is 14.1 Å². The number of fused-ring (bicyclic) bond motifs is 1. The van der Waals surface area contributed by atoms with Crippen molar-refractivity contribution >= 4 is 40.0 Å². The second-order valence-electron chi connectivity index (χ2n) is 5.00. The largest absolute Gasteiger partial charge is 0.477 e. The maximum atomic E-state index is 12.1. The van der Waals surface area contributed by atoms with Crippen LogP contribution >= 0.6 is 11.7 Å². The van der Waals surface area contributed by atoms with Gasteiger partial charge in [-0.2, -0.15) is 8.75 Å². The zero-order chi connectivity index (χ0) is 17.1. The van der Waals surface area contributed by atoms with Crippen LogP contribution in [0.15, 0.2) is 36.4 Å². The molecule has 1 N–H and O–H groups in total. The lowest BCUT2D eigenvalue weighted by molar-refractivity contribution is -0.385. The predicted octanol–water partition coefficient (Wildman–Crippen LogP) is 2.93.